The Bertz CT molecular complexity index is 409. The summed E-state index contributed by atoms with van der Waals surface area (Å²) in [6.07, 6.45) is 4.65. The summed E-state index contributed by atoms with van der Waals surface area (Å²) < 4.78 is 0. The van der Waals surface area contributed by atoms with Crippen molar-refractivity contribution >= 4 is 23.2 Å². The van der Waals surface area contributed by atoms with E-state index in [9.17, 15) is 9.59 Å². The SMILES string of the molecule is C/C=C/CCNC(=O)c1ccc(C(=O)O)s1. The number of rotatable bonds is 5. The molecule has 1 aromatic rings. The Morgan fingerprint density at radius 1 is 1.44 bits per heavy atom. The van der Waals surface area contributed by atoms with Gasteiger partial charge in [-0.1, -0.05) is 12.2 Å². The molecule has 0 spiro atoms. The van der Waals surface area contributed by atoms with E-state index in [0.717, 1.165) is 17.8 Å². The minimum Gasteiger partial charge on any atom is -0.477 e. The lowest BCUT2D eigenvalue weighted by atomic mass is 10.3. The largest absolute Gasteiger partial charge is 0.477 e. The Hall–Kier alpha value is -1.62. The molecule has 4 nitrogen and oxygen atoms in total. The molecule has 0 aliphatic heterocycles. The number of amides is 1. The predicted molar refractivity (Wildman–Crippen MR) is 63.0 cm³/mol. The summed E-state index contributed by atoms with van der Waals surface area (Å²) >= 11 is 0.983. The van der Waals surface area contributed by atoms with Crippen molar-refractivity contribution in [2.24, 2.45) is 0 Å². The zero-order valence-electron chi connectivity index (χ0n) is 8.90. The highest BCUT2D eigenvalue weighted by Gasteiger charge is 2.11. The van der Waals surface area contributed by atoms with Crippen LogP contribution in [0.15, 0.2) is 24.3 Å². The van der Waals surface area contributed by atoms with Crippen molar-refractivity contribution in [1.82, 2.24) is 5.32 Å². The third-order valence-corrected chi connectivity index (χ3v) is 2.94. The molecular formula is C11H13NO3S. The fourth-order valence-corrected chi connectivity index (χ4v) is 1.86. The number of hydrogen-bond donors (Lipinski definition) is 2. The third-order valence-electron chi connectivity index (χ3n) is 1.87. The van der Waals surface area contributed by atoms with E-state index in [0.29, 0.717) is 11.4 Å². The number of thiophene rings is 1. The average Bonchev–Trinajstić information content (AvgIpc) is 2.73. The monoisotopic (exact) mass is 239 g/mol. The second-order valence-electron chi connectivity index (χ2n) is 3.08. The number of nitrogens with one attached hydrogen (secondary N) is 1. The van der Waals surface area contributed by atoms with Gasteiger partial charge in [-0.15, -0.1) is 11.3 Å². The molecule has 1 amide bonds. The van der Waals surface area contributed by atoms with Crippen LogP contribution in [0.3, 0.4) is 0 Å². The summed E-state index contributed by atoms with van der Waals surface area (Å²) in [6, 6.07) is 2.97. The van der Waals surface area contributed by atoms with Crippen LogP contribution in [0.1, 0.15) is 32.7 Å². The van der Waals surface area contributed by atoms with Crippen molar-refractivity contribution in [2.45, 2.75) is 13.3 Å². The van der Waals surface area contributed by atoms with E-state index in [1.54, 1.807) is 0 Å². The molecule has 0 saturated carbocycles. The second-order valence-corrected chi connectivity index (χ2v) is 4.17. The van der Waals surface area contributed by atoms with Gasteiger partial charge < -0.3 is 10.4 Å². The molecule has 5 heteroatoms. The van der Waals surface area contributed by atoms with Crippen LogP contribution in [0.4, 0.5) is 0 Å². The molecule has 0 radical (unpaired) electrons. The number of carbonyl (C=O) groups excluding carboxylic acids is 1. The average molecular weight is 239 g/mol. The molecule has 0 aliphatic rings. The standard InChI is InChI=1S/C11H13NO3S/c1-2-3-4-7-12-10(13)8-5-6-9(16-8)11(14)15/h2-3,5-6H,4,7H2,1H3,(H,12,13)(H,14,15)/b3-2+. The molecule has 1 rings (SSSR count). The van der Waals surface area contributed by atoms with Gasteiger partial charge in [-0.05, 0) is 25.5 Å². The third kappa shape index (κ3) is 3.51. The highest BCUT2D eigenvalue weighted by molar-refractivity contribution is 7.15. The molecule has 16 heavy (non-hydrogen) atoms. The van der Waals surface area contributed by atoms with E-state index < -0.39 is 5.97 Å². The number of allylic oxidation sites excluding steroid dienone is 1. The zero-order chi connectivity index (χ0) is 12.0. The van der Waals surface area contributed by atoms with E-state index >= 15 is 0 Å². The van der Waals surface area contributed by atoms with Gasteiger partial charge in [0.05, 0.1) is 4.88 Å². The van der Waals surface area contributed by atoms with Gasteiger partial charge in [0.1, 0.15) is 4.88 Å². The van der Waals surface area contributed by atoms with E-state index in [1.807, 2.05) is 19.1 Å². The van der Waals surface area contributed by atoms with Crippen LogP contribution >= 0.6 is 11.3 Å². The van der Waals surface area contributed by atoms with Crippen molar-refractivity contribution in [3.05, 3.63) is 34.0 Å². The molecule has 0 atom stereocenters. The van der Waals surface area contributed by atoms with Gasteiger partial charge >= 0.3 is 5.97 Å². The van der Waals surface area contributed by atoms with Crippen molar-refractivity contribution in [2.75, 3.05) is 6.54 Å². The lowest BCUT2D eigenvalue weighted by Crippen LogP contribution is -2.23. The van der Waals surface area contributed by atoms with E-state index in [-0.39, 0.29) is 10.8 Å². The molecule has 1 heterocycles. The highest BCUT2D eigenvalue weighted by Crippen LogP contribution is 2.15. The van der Waals surface area contributed by atoms with E-state index in [1.165, 1.54) is 12.1 Å². The first-order valence-electron chi connectivity index (χ1n) is 4.87. The summed E-state index contributed by atoms with van der Waals surface area (Å²) in [5.74, 6) is -1.22. The summed E-state index contributed by atoms with van der Waals surface area (Å²) in [7, 11) is 0. The van der Waals surface area contributed by atoms with E-state index in [2.05, 4.69) is 5.32 Å². The Kier molecular flexibility index (Phi) is 4.72. The van der Waals surface area contributed by atoms with Gasteiger partial charge in [-0.2, -0.15) is 0 Å². The van der Waals surface area contributed by atoms with Gasteiger partial charge in [0.15, 0.2) is 0 Å². The van der Waals surface area contributed by atoms with Gasteiger partial charge in [0.25, 0.3) is 5.91 Å². The molecule has 0 aliphatic carbocycles. The number of carboxylic acids is 1. The highest BCUT2D eigenvalue weighted by atomic mass is 32.1. The van der Waals surface area contributed by atoms with Crippen LogP contribution in [-0.4, -0.2) is 23.5 Å². The lowest BCUT2D eigenvalue weighted by Gasteiger charge is -1.99. The summed E-state index contributed by atoms with van der Waals surface area (Å²) in [4.78, 5) is 22.7. The summed E-state index contributed by atoms with van der Waals surface area (Å²) in [5.41, 5.74) is 0. The molecule has 86 valence electrons. The maximum atomic E-state index is 11.5. The minimum absolute atomic E-state index is 0.179. The normalized spacial score (nSPS) is 10.6. The van der Waals surface area contributed by atoms with Crippen LogP contribution in [0, 0.1) is 0 Å². The summed E-state index contributed by atoms with van der Waals surface area (Å²) in [6.45, 7) is 2.48. The molecule has 0 aromatic carbocycles. The molecule has 0 bridgehead atoms. The Morgan fingerprint density at radius 3 is 2.69 bits per heavy atom. The zero-order valence-corrected chi connectivity index (χ0v) is 9.71. The molecule has 1 aromatic heterocycles. The van der Waals surface area contributed by atoms with Gasteiger partial charge in [-0.25, -0.2) is 4.79 Å². The maximum absolute atomic E-state index is 11.5. The van der Waals surface area contributed by atoms with Crippen LogP contribution < -0.4 is 5.32 Å². The van der Waals surface area contributed by atoms with Gasteiger partial charge in [0.2, 0.25) is 0 Å². The van der Waals surface area contributed by atoms with Gasteiger partial charge in [-0.3, -0.25) is 4.79 Å². The number of carbonyl (C=O) groups is 2. The Balaban J connectivity index is 2.49. The quantitative estimate of drug-likeness (QED) is 0.611. The Labute approximate surface area is 97.6 Å². The molecule has 0 unspecified atom stereocenters. The fraction of sp³-hybridized carbons (Fsp3) is 0.273. The number of aromatic carboxylic acids is 1. The first-order valence-corrected chi connectivity index (χ1v) is 5.69. The second kappa shape index (κ2) is 6.07. The molecule has 0 fully saturated rings. The molecule has 0 saturated heterocycles. The van der Waals surface area contributed by atoms with Crippen molar-refractivity contribution in [3.63, 3.8) is 0 Å². The van der Waals surface area contributed by atoms with E-state index in [4.69, 9.17) is 5.11 Å². The van der Waals surface area contributed by atoms with Gasteiger partial charge in [0, 0.05) is 6.54 Å². The van der Waals surface area contributed by atoms with Crippen LogP contribution in [0.2, 0.25) is 0 Å². The smallest absolute Gasteiger partial charge is 0.345 e. The van der Waals surface area contributed by atoms with Crippen LogP contribution in [0.25, 0.3) is 0 Å². The molecule has 2 N–H and O–H groups in total. The topological polar surface area (TPSA) is 66.4 Å². The fourth-order valence-electron chi connectivity index (χ4n) is 1.10. The van der Waals surface area contributed by atoms with Crippen molar-refractivity contribution in [3.8, 4) is 0 Å². The van der Waals surface area contributed by atoms with Crippen molar-refractivity contribution in [1.29, 1.82) is 0 Å². The number of carboxylic acid groups (broad SMARTS) is 1. The summed E-state index contributed by atoms with van der Waals surface area (Å²) in [5, 5.41) is 11.4. The van der Waals surface area contributed by atoms with Crippen LogP contribution in [0.5, 0.6) is 0 Å². The number of hydrogen-bond acceptors (Lipinski definition) is 3. The van der Waals surface area contributed by atoms with Crippen LogP contribution in [-0.2, 0) is 0 Å². The Morgan fingerprint density at radius 2 is 2.12 bits per heavy atom. The predicted octanol–water partition coefficient (Wildman–Crippen LogP) is 2.14. The molecular weight excluding hydrogens is 226 g/mol. The first kappa shape index (κ1) is 12.4. The minimum atomic E-state index is -1.00. The first-order chi connectivity index (χ1) is 7.65. The lowest BCUT2D eigenvalue weighted by molar-refractivity contribution is 0.0702. The van der Waals surface area contributed by atoms with Crippen molar-refractivity contribution < 1.29 is 14.7 Å². The maximum Gasteiger partial charge on any atom is 0.345 e.